The Morgan fingerprint density at radius 1 is 1.25 bits per heavy atom. The van der Waals surface area contributed by atoms with Crippen molar-refractivity contribution in [3.63, 3.8) is 0 Å². The summed E-state index contributed by atoms with van der Waals surface area (Å²) >= 11 is 3.58. The fourth-order valence-corrected chi connectivity index (χ4v) is 2.98. The van der Waals surface area contributed by atoms with Gasteiger partial charge in [-0.3, -0.25) is 0 Å². The summed E-state index contributed by atoms with van der Waals surface area (Å²) in [4.78, 5) is 11.1. The molecule has 4 nitrogen and oxygen atoms in total. The Morgan fingerprint density at radius 3 is 2.95 bits per heavy atom. The van der Waals surface area contributed by atoms with Crippen LogP contribution in [0.3, 0.4) is 0 Å². The first-order chi connectivity index (χ1) is 9.79. The van der Waals surface area contributed by atoms with Crippen LogP contribution < -0.4 is 10.2 Å². The fraction of sp³-hybridized carbons (Fsp3) is 0.333. The van der Waals surface area contributed by atoms with Gasteiger partial charge in [0.15, 0.2) is 5.82 Å². The molecule has 1 aliphatic rings. The second-order valence-electron chi connectivity index (χ2n) is 4.85. The molecule has 0 atom stereocenters. The van der Waals surface area contributed by atoms with Gasteiger partial charge >= 0.3 is 0 Å². The predicted octanol–water partition coefficient (Wildman–Crippen LogP) is 3.76. The topological polar surface area (TPSA) is 41.1 Å². The van der Waals surface area contributed by atoms with E-state index in [-0.39, 0.29) is 0 Å². The van der Waals surface area contributed by atoms with Gasteiger partial charge in [0.25, 0.3) is 0 Å². The van der Waals surface area contributed by atoms with E-state index in [2.05, 4.69) is 60.4 Å². The summed E-state index contributed by atoms with van der Waals surface area (Å²) in [5, 5.41) is 3.00. The molecular weight excluding hydrogens is 316 g/mol. The van der Waals surface area contributed by atoms with Gasteiger partial charge in [-0.1, -0.05) is 18.2 Å². The number of para-hydroxylation sites is 1. The van der Waals surface area contributed by atoms with Crippen molar-refractivity contribution >= 4 is 33.4 Å². The molecular formula is C15H17BrN4. The number of halogens is 1. The number of fused-ring (bicyclic) bond motifs is 1. The van der Waals surface area contributed by atoms with E-state index in [1.807, 2.05) is 13.2 Å². The third-order valence-electron chi connectivity index (χ3n) is 3.57. The highest BCUT2D eigenvalue weighted by atomic mass is 79.9. The standard InChI is InChI=1S/C15H17BrN4/c1-17-15-18-10-12(16)14(19-15)20-9-5-4-7-11-6-2-3-8-13(11)20/h2-3,6,8,10H,4-5,7,9H2,1H3,(H,17,18,19). The van der Waals surface area contributed by atoms with Crippen LogP contribution in [0.25, 0.3) is 0 Å². The average Bonchev–Trinajstić information content (AvgIpc) is 2.70. The zero-order valence-corrected chi connectivity index (χ0v) is 13.0. The Bertz CT molecular complexity index is 615. The lowest BCUT2D eigenvalue weighted by Gasteiger charge is -2.25. The van der Waals surface area contributed by atoms with Gasteiger partial charge in [-0.25, -0.2) is 4.98 Å². The van der Waals surface area contributed by atoms with Gasteiger partial charge in [0.2, 0.25) is 5.95 Å². The van der Waals surface area contributed by atoms with Crippen molar-refractivity contribution < 1.29 is 0 Å². The minimum Gasteiger partial charge on any atom is -0.357 e. The van der Waals surface area contributed by atoms with E-state index in [0.29, 0.717) is 5.95 Å². The molecule has 20 heavy (non-hydrogen) atoms. The van der Waals surface area contributed by atoms with Crippen LogP contribution in [0.4, 0.5) is 17.5 Å². The van der Waals surface area contributed by atoms with Crippen LogP contribution in [-0.2, 0) is 6.42 Å². The maximum atomic E-state index is 4.61. The van der Waals surface area contributed by atoms with E-state index < -0.39 is 0 Å². The van der Waals surface area contributed by atoms with Crippen LogP contribution in [-0.4, -0.2) is 23.6 Å². The Labute approximate surface area is 127 Å². The predicted molar refractivity (Wildman–Crippen MR) is 85.7 cm³/mol. The Morgan fingerprint density at radius 2 is 2.10 bits per heavy atom. The van der Waals surface area contributed by atoms with E-state index in [1.165, 1.54) is 24.1 Å². The minimum atomic E-state index is 0.643. The third-order valence-corrected chi connectivity index (χ3v) is 4.12. The molecule has 3 rings (SSSR count). The highest BCUT2D eigenvalue weighted by Gasteiger charge is 2.20. The number of aryl methyl sites for hydroxylation is 1. The highest BCUT2D eigenvalue weighted by molar-refractivity contribution is 9.10. The lowest BCUT2D eigenvalue weighted by Crippen LogP contribution is -2.20. The Kier molecular flexibility index (Phi) is 3.87. The molecule has 0 amide bonds. The first-order valence-corrected chi connectivity index (χ1v) is 7.64. The number of hydrogen-bond acceptors (Lipinski definition) is 4. The van der Waals surface area contributed by atoms with Gasteiger partial charge in [0, 0.05) is 25.5 Å². The Balaban J connectivity index is 2.09. The molecule has 1 aromatic carbocycles. The van der Waals surface area contributed by atoms with E-state index in [9.17, 15) is 0 Å². The average molecular weight is 333 g/mol. The van der Waals surface area contributed by atoms with E-state index in [4.69, 9.17) is 0 Å². The van der Waals surface area contributed by atoms with Gasteiger partial charge in [0.05, 0.1) is 4.47 Å². The SMILES string of the molecule is CNc1ncc(Br)c(N2CCCCc3ccccc32)n1. The largest absolute Gasteiger partial charge is 0.357 e. The molecule has 0 radical (unpaired) electrons. The van der Waals surface area contributed by atoms with Crippen molar-refractivity contribution in [2.75, 3.05) is 23.8 Å². The second-order valence-corrected chi connectivity index (χ2v) is 5.71. The quantitative estimate of drug-likeness (QED) is 0.909. The van der Waals surface area contributed by atoms with Crippen molar-refractivity contribution in [1.82, 2.24) is 9.97 Å². The van der Waals surface area contributed by atoms with Gasteiger partial charge in [-0.2, -0.15) is 4.98 Å². The van der Waals surface area contributed by atoms with Crippen molar-refractivity contribution in [3.8, 4) is 0 Å². The first-order valence-electron chi connectivity index (χ1n) is 6.85. The van der Waals surface area contributed by atoms with Gasteiger partial charge in [-0.05, 0) is 46.8 Å². The number of rotatable bonds is 2. The highest BCUT2D eigenvalue weighted by Crippen LogP contribution is 2.35. The number of anilines is 3. The summed E-state index contributed by atoms with van der Waals surface area (Å²) in [5.41, 5.74) is 2.65. The second kappa shape index (κ2) is 5.79. The molecule has 0 saturated heterocycles. The molecule has 0 fully saturated rings. The number of benzene rings is 1. The van der Waals surface area contributed by atoms with Crippen molar-refractivity contribution in [2.24, 2.45) is 0 Å². The lowest BCUT2D eigenvalue weighted by molar-refractivity contribution is 0.756. The van der Waals surface area contributed by atoms with Crippen LogP contribution in [0.1, 0.15) is 18.4 Å². The maximum absolute atomic E-state index is 4.61. The summed E-state index contributed by atoms with van der Waals surface area (Å²) in [6, 6.07) is 8.58. The molecule has 0 aliphatic carbocycles. The Hall–Kier alpha value is -1.62. The molecule has 0 bridgehead atoms. The summed E-state index contributed by atoms with van der Waals surface area (Å²) in [7, 11) is 1.84. The molecule has 0 spiro atoms. The number of hydrogen-bond donors (Lipinski definition) is 1. The summed E-state index contributed by atoms with van der Waals surface area (Å²) in [6.45, 7) is 0.982. The van der Waals surface area contributed by atoms with Crippen molar-refractivity contribution in [2.45, 2.75) is 19.3 Å². The zero-order valence-electron chi connectivity index (χ0n) is 11.4. The summed E-state index contributed by atoms with van der Waals surface area (Å²) in [5.74, 6) is 1.57. The monoisotopic (exact) mass is 332 g/mol. The zero-order chi connectivity index (χ0) is 13.9. The lowest BCUT2D eigenvalue weighted by atomic mass is 10.1. The smallest absolute Gasteiger partial charge is 0.224 e. The van der Waals surface area contributed by atoms with Crippen LogP contribution in [0.5, 0.6) is 0 Å². The molecule has 2 heterocycles. The number of nitrogens with one attached hydrogen (secondary N) is 1. The summed E-state index contributed by atoms with van der Waals surface area (Å²) in [6.07, 6.45) is 5.32. The van der Waals surface area contributed by atoms with Crippen LogP contribution >= 0.6 is 15.9 Å². The van der Waals surface area contributed by atoms with E-state index in [1.54, 1.807) is 0 Å². The first kappa shape index (κ1) is 13.4. The minimum absolute atomic E-state index is 0.643. The molecule has 5 heteroatoms. The molecule has 0 saturated carbocycles. The number of nitrogens with zero attached hydrogens (tertiary/aromatic N) is 3. The van der Waals surface area contributed by atoms with Gasteiger partial charge < -0.3 is 10.2 Å². The normalized spacial score (nSPS) is 14.6. The molecule has 104 valence electrons. The van der Waals surface area contributed by atoms with Crippen LogP contribution in [0.2, 0.25) is 0 Å². The van der Waals surface area contributed by atoms with Gasteiger partial charge in [-0.15, -0.1) is 0 Å². The van der Waals surface area contributed by atoms with E-state index in [0.717, 1.165) is 23.3 Å². The molecule has 1 aromatic heterocycles. The molecule has 1 aliphatic heterocycles. The molecule has 2 aromatic rings. The van der Waals surface area contributed by atoms with E-state index >= 15 is 0 Å². The molecule has 1 N–H and O–H groups in total. The fourth-order valence-electron chi connectivity index (χ4n) is 2.58. The third kappa shape index (κ3) is 2.50. The number of aromatic nitrogens is 2. The summed E-state index contributed by atoms with van der Waals surface area (Å²) < 4.78 is 0.924. The van der Waals surface area contributed by atoms with Gasteiger partial charge in [0.1, 0.15) is 0 Å². The molecule has 0 unspecified atom stereocenters. The van der Waals surface area contributed by atoms with Crippen LogP contribution in [0, 0.1) is 0 Å². The van der Waals surface area contributed by atoms with Crippen molar-refractivity contribution in [1.29, 1.82) is 0 Å². The van der Waals surface area contributed by atoms with Crippen molar-refractivity contribution in [3.05, 3.63) is 40.5 Å². The van der Waals surface area contributed by atoms with Crippen LogP contribution in [0.15, 0.2) is 34.9 Å². The maximum Gasteiger partial charge on any atom is 0.224 e.